The molecule has 2 saturated heterocycles. The van der Waals surface area contributed by atoms with Crippen LogP contribution in [0.4, 0.5) is 19.3 Å². The van der Waals surface area contributed by atoms with Gasteiger partial charge in [-0.15, -0.1) is 0 Å². The van der Waals surface area contributed by atoms with Gasteiger partial charge in [0.2, 0.25) is 5.91 Å². The number of thioether (sulfide) groups is 1. The second-order valence-corrected chi connectivity index (χ2v) is 9.28. The van der Waals surface area contributed by atoms with Crippen molar-refractivity contribution >= 4 is 41.5 Å². The molecule has 0 aliphatic carbocycles. The number of carbonyl (C=O) groups is 2. The SMILES string of the molecule is O=C(CCCCC1SCC2NC(=O)NC21)Nc1ccc(C=Cc2c(F)cccc2F)cc1. The topological polar surface area (TPSA) is 70.2 Å². The number of hydrogen-bond acceptors (Lipinski definition) is 3. The highest BCUT2D eigenvalue weighted by Gasteiger charge is 2.42. The normalized spacial score (nSPS) is 21.9. The number of amides is 3. The Morgan fingerprint density at radius 2 is 1.81 bits per heavy atom. The van der Waals surface area contributed by atoms with Gasteiger partial charge in [-0.3, -0.25) is 4.79 Å². The zero-order valence-electron chi connectivity index (χ0n) is 17.4. The first-order valence-electron chi connectivity index (χ1n) is 10.7. The van der Waals surface area contributed by atoms with Crippen LogP contribution in [0.1, 0.15) is 36.8 Å². The molecular formula is C24H25F2N3O2S. The fourth-order valence-electron chi connectivity index (χ4n) is 4.02. The van der Waals surface area contributed by atoms with E-state index in [0.717, 1.165) is 30.6 Å². The van der Waals surface area contributed by atoms with Gasteiger partial charge in [0.25, 0.3) is 0 Å². The van der Waals surface area contributed by atoms with E-state index in [0.29, 0.717) is 17.4 Å². The summed E-state index contributed by atoms with van der Waals surface area (Å²) in [7, 11) is 0. The molecule has 2 aromatic carbocycles. The van der Waals surface area contributed by atoms with Gasteiger partial charge in [-0.25, -0.2) is 13.6 Å². The molecule has 2 aliphatic rings. The number of nitrogens with one attached hydrogen (secondary N) is 3. The molecular weight excluding hydrogens is 432 g/mol. The summed E-state index contributed by atoms with van der Waals surface area (Å²) in [6.45, 7) is 0. The van der Waals surface area contributed by atoms with E-state index >= 15 is 0 Å². The second-order valence-electron chi connectivity index (χ2n) is 8.01. The molecule has 3 amide bonds. The minimum absolute atomic E-state index is 0.0468. The molecule has 2 aliphatic heterocycles. The van der Waals surface area contributed by atoms with Crippen molar-refractivity contribution in [2.24, 2.45) is 0 Å². The number of unbranched alkanes of at least 4 members (excludes halogenated alkanes) is 1. The van der Waals surface area contributed by atoms with Gasteiger partial charge in [0.15, 0.2) is 0 Å². The van der Waals surface area contributed by atoms with Crippen LogP contribution in [0.5, 0.6) is 0 Å². The van der Waals surface area contributed by atoms with E-state index in [-0.39, 0.29) is 29.6 Å². The van der Waals surface area contributed by atoms with Gasteiger partial charge < -0.3 is 16.0 Å². The third-order valence-corrected chi connectivity index (χ3v) is 7.23. The number of hydrogen-bond donors (Lipinski definition) is 3. The summed E-state index contributed by atoms with van der Waals surface area (Å²) in [4.78, 5) is 23.7. The molecule has 0 spiro atoms. The highest BCUT2D eigenvalue weighted by Crippen LogP contribution is 2.33. The zero-order chi connectivity index (χ0) is 22.5. The molecule has 0 bridgehead atoms. The number of halogens is 2. The molecule has 8 heteroatoms. The minimum Gasteiger partial charge on any atom is -0.332 e. The van der Waals surface area contributed by atoms with Crippen molar-refractivity contribution in [2.45, 2.75) is 43.0 Å². The number of fused-ring (bicyclic) bond motifs is 1. The third-order valence-electron chi connectivity index (χ3n) is 5.72. The molecule has 2 fully saturated rings. The predicted molar refractivity (Wildman–Crippen MR) is 124 cm³/mol. The molecule has 3 N–H and O–H groups in total. The Morgan fingerprint density at radius 1 is 1.06 bits per heavy atom. The third kappa shape index (κ3) is 5.48. The van der Waals surface area contributed by atoms with Crippen LogP contribution >= 0.6 is 11.8 Å². The smallest absolute Gasteiger partial charge is 0.315 e. The molecule has 0 radical (unpaired) electrons. The van der Waals surface area contributed by atoms with Gasteiger partial charge in [-0.1, -0.05) is 30.7 Å². The van der Waals surface area contributed by atoms with Crippen LogP contribution in [-0.2, 0) is 4.79 Å². The van der Waals surface area contributed by atoms with E-state index in [1.54, 1.807) is 30.3 Å². The van der Waals surface area contributed by atoms with Crippen LogP contribution in [0, 0.1) is 11.6 Å². The van der Waals surface area contributed by atoms with E-state index in [1.165, 1.54) is 24.3 Å². The molecule has 168 valence electrons. The Morgan fingerprint density at radius 3 is 2.56 bits per heavy atom. The summed E-state index contributed by atoms with van der Waals surface area (Å²) < 4.78 is 27.4. The Hall–Kier alpha value is -2.87. The van der Waals surface area contributed by atoms with Crippen LogP contribution in [0.2, 0.25) is 0 Å². The summed E-state index contributed by atoms with van der Waals surface area (Å²) in [6.07, 6.45) is 6.16. The maximum Gasteiger partial charge on any atom is 0.315 e. The lowest BCUT2D eigenvalue weighted by Gasteiger charge is -2.16. The lowest BCUT2D eigenvalue weighted by atomic mass is 10.0. The Bertz CT molecular complexity index is 993. The fourth-order valence-corrected chi connectivity index (χ4v) is 5.57. The molecule has 4 rings (SSSR count). The summed E-state index contributed by atoms with van der Waals surface area (Å²) in [5, 5.41) is 9.20. The number of rotatable bonds is 8. The van der Waals surface area contributed by atoms with E-state index in [4.69, 9.17) is 0 Å². The van der Waals surface area contributed by atoms with Crippen molar-refractivity contribution in [1.29, 1.82) is 0 Å². The van der Waals surface area contributed by atoms with Gasteiger partial charge >= 0.3 is 6.03 Å². The number of benzene rings is 2. The number of anilines is 1. The van der Waals surface area contributed by atoms with Gasteiger partial charge in [-0.05, 0) is 48.7 Å². The molecule has 32 heavy (non-hydrogen) atoms. The van der Waals surface area contributed by atoms with Crippen LogP contribution in [0.15, 0.2) is 42.5 Å². The number of carbonyl (C=O) groups excluding carboxylic acids is 2. The fraction of sp³-hybridized carbons (Fsp3) is 0.333. The average molecular weight is 458 g/mol. The maximum absolute atomic E-state index is 13.7. The van der Waals surface area contributed by atoms with Crippen molar-refractivity contribution in [3.05, 3.63) is 65.2 Å². The Labute approximate surface area is 190 Å². The zero-order valence-corrected chi connectivity index (χ0v) is 18.3. The van der Waals surface area contributed by atoms with Crippen molar-refractivity contribution in [2.75, 3.05) is 11.1 Å². The number of urea groups is 1. The van der Waals surface area contributed by atoms with E-state index in [2.05, 4.69) is 16.0 Å². The summed E-state index contributed by atoms with van der Waals surface area (Å²) in [5.41, 5.74) is 1.37. The molecule has 2 aromatic rings. The first-order valence-corrected chi connectivity index (χ1v) is 11.7. The lowest BCUT2D eigenvalue weighted by Crippen LogP contribution is -2.36. The van der Waals surface area contributed by atoms with E-state index in [9.17, 15) is 18.4 Å². The van der Waals surface area contributed by atoms with Crippen molar-refractivity contribution in [1.82, 2.24) is 10.6 Å². The van der Waals surface area contributed by atoms with Gasteiger partial charge in [0.1, 0.15) is 11.6 Å². The Balaban J connectivity index is 1.19. The summed E-state index contributed by atoms with van der Waals surface area (Å²) >= 11 is 1.88. The maximum atomic E-state index is 13.7. The molecule has 2 heterocycles. The Kier molecular flexibility index (Phi) is 7.09. The lowest BCUT2D eigenvalue weighted by molar-refractivity contribution is -0.116. The summed E-state index contributed by atoms with van der Waals surface area (Å²) in [6, 6.07) is 11.2. The highest BCUT2D eigenvalue weighted by atomic mass is 32.2. The minimum atomic E-state index is -0.610. The standard InChI is InChI=1S/C24H25F2N3O2S/c25-18-4-3-5-19(26)17(18)13-10-15-8-11-16(12-9-15)27-22(30)7-2-1-6-21-23-20(14-32-21)28-24(31)29-23/h3-5,8-13,20-21,23H,1-2,6-7,14H2,(H,27,30)(H2,28,29,31). The van der Waals surface area contributed by atoms with Crippen molar-refractivity contribution in [3.8, 4) is 0 Å². The molecule has 3 unspecified atom stereocenters. The molecule has 3 atom stereocenters. The van der Waals surface area contributed by atoms with Crippen LogP contribution in [-0.4, -0.2) is 35.0 Å². The average Bonchev–Trinajstić information content (AvgIpc) is 3.31. The van der Waals surface area contributed by atoms with Crippen molar-refractivity contribution in [3.63, 3.8) is 0 Å². The van der Waals surface area contributed by atoms with Crippen LogP contribution in [0.3, 0.4) is 0 Å². The van der Waals surface area contributed by atoms with Crippen LogP contribution < -0.4 is 16.0 Å². The highest BCUT2D eigenvalue weighted by molar-refractivity contribution is 8.00. The predicted octanol–water partition coefficient (Wildman–Crippen LogP) is 4.80. The molecule has 0 aromatic heterocycles. The molecule has 5 nitrogen and oxygen atoms in total. The van der Waals surface area contributed by atoms with Gasteiger partial charge in [0, 0.05) is 28.7 Å². The summed E-state index contributed by atoms with van der Waals surface area (Å²) in [5.74, 6) is -0.327. The van der Waals surface area contributed by atoms with Gasteiger partial charge in [-0.2, -0.15) is 11.8 Å². The first kappa shape index (κ1) is 22.3. The first-order chi connectivity index (χ1) is 15.5. The van der Waals surface area contributed by atoms with Crippen molar-refractivity contribution < 1.29 is 18.4 Å². The van der Waals surface area contributed by atoms with E-state index < -0.39 is 11.6 Å². The second kappa shape index (κ2) is 10.2. The van der Waals surface area contributed by atoms with Crippen LogP contribution in [0.25, 0.3) is 12.2 Å². The van der Waals surface area contributed by atoms with E-state index in [1.807, 2.05) is 11.8 Å². The monoisotopic (exact) mass is 457 g/mol. The quantitative estimate of drug-likeness (QED) is 0.303. The molecule has 0 saturated carbocycles. The van der Waals surface area contributed by atoms with Gasteiger partial charge in [0.05, 0.1) is 12.1 Å². The largest absolute Gasteiger partial charge is 0.332 e.